The highest BCUT2D eigenvalue weighted by Crippen LogP contribution is 2.04. The average Bonchev–Trinajstić information content (AvgIpc) is 2.35. The van der Waals surface area contributed by atoms with Crippen molar-refractivity contribution in [2.75, 3.05) is 20.3 Å². The summed E-state index contributed by atoms with van der Waals surface area (Å²) >= 11 is 0. The van der Waals surface area contributed by atoms with Crippen molar-refractivity contribution in [3.8, 4) is 0 Å². The maximum atomic E-state index is 11.3. The van der Waals surface area contributed by atoms with Crippen molar-refractivity contribution in [3.63, 3.8) is 0 Å². The van der Waals surface area contributed by atoms with Crippen LogP contribution >= 0.6 is 0 Å². The third-order valence-electron chi connectivity index (χ3n) is 2.43. The van der Waals surface area contributed by atoms with E-state index in [1.807, 2.05) is 30.3 Å². The molecular weight excluding hydrogens is 218 g/mol. The van der Waals surface area contributed by atoms with Crippen molar-refractivity contribution < 1.29 is 14.3 Å². The number of carbonyl (C=O) groups excluding carboxylic acids is 1. The lowest BCUT2D eigenvalue weighted by molar-refractivity contribution is -0.148. The zero-order valence-electron chi connectivity index (χ0n) is 10.3. The molecule has 0 heterocycles. The Kier molecular flexibility index (Phi) is 5.12. The predicted octanol–water partition coefficient (Wildman–Crippen LogP) is 1.14. The maximum Gasteiger partial charge on any atom is 0.327 e. The molecule has 0 aliphatic rings. The number of methoxy groups -OCH3 is 1. The van der Waals surface area contributed by atoms with Crippen molar-refractivity contribution in [3.05, 3.63) is 35.9 Å². The first-order valence-electron chi connectivity index (χ1n) is 5.55. The molecule has 4 heteroatoms. The molecule has 0 fully saturated rings. The van der Waals surface area contributed by atoms with E-state index in [9.17, 15) is 4.79 Å². The van der Waals surface area contributed by atoms with Crippen LogP contribution in [-0.2, 0) is 20.7 Å². The highest BCUT2D eigenvalue weighted by Gasteiger charge is 2.29. The number of rotatable bonds is 6. The molecule has 0 aliphatic carbocycles. The standard InChI is InChI=1S/C13H19NO3/c1-13(14,12(15)16-2)10-17-9-8-11-6-4-3-5-7-11/h3-7H,8-10,14H2,1-2H3. The van der Waals surface area contributed by atoms with Crippen molar-refractivity contribution in [2.24, 2.45) is 5.73 Å². The highest BCUT2D eigenvalue weighted by molar-refractivity contribution is 5.80. The van der Waals surface area contributed by atoms with Gasteiger partial charge in [-0.2, -0.15) is 0 Å². The number of hydrogen-bond acceptors (Lipinski definition) is 4. The molecule has 0 saturated carbocycles. The quantitative estimate of drug-likeness (QED) is 0.595. The van der Waals surface area contributed by atoms with Gasteiger partial charge in [0.05, 0.1) is 20.3 Å². The molecule has 0 spiro atoms. The van der Waals surface area contributed by atoms with Crippen LogP contribution in [-0.4, -0.2) is 31.8 Å². The van der Waals surface area contributed by atoms with Crippen LogP contribution in [0.5, 0.6) is 0 Å². The van der Waals surface area contributed by atoms with E-state index in [0.717, 1.165) is 6.42 Å². The van der Waals surface area contributed by atoms with Crippen molar-refractivity contribution in [1.82, 2.24) is 0 Å². The molecule has 0 aromatic heterocycles. The Labute approximate surface area is 102 Å². The molecule has 1 atom stereocenters. The molecule has 0 saturated heterocycles. The topological polar surface area (TPSA) is 61.5 Å². The molecule has 1 aromatic carbocycles. The summed E-state index contributed by atoms with van der Waals surface area (Å²) in [5.74, 6) is -0.461. The molecule has 2 N–H and O–H groups in total. The van der Waals surface area contributed by atoms with Crippen LogP contribution in [0.25, 0.3) is 0 Å². The van der Waals surface area contributed by atoms with Crippen LogP contribution in [0.4, 0.5) is 0 Å². The third-order valence-corrected chi connectivity index (χ3v) is 2.43. The molecule has 94 valence electrons. The number of carbonyl (C=O) groups is 1. The molecular formula is C13H19NO3. The first-order valence-corrected chi connectivity index (χ1v) is 5.55. The van der Waals surface area contributed by atoms with Gasteiger partial charge in [0.25, 0.3) is 0 Å². The van der Waals surface area contributed by atoms with E-state index in [0.29, 0.717) is 6.61 Å². The maximum absolute atomic E-state index is 11.3. The number of nitrogens with two attached hydrogens (primary N) is 1. The van der Waals surface area contributed by atoms with Gasteiger partial charge < -0.3 is 15.2 Å². The van der Waals surface area contributed by atoms with Crippen molar-refractivity contribution in [2.45, 2.75) is 18.9 Å². The van der Waals surface area contributed by atoms with Crippen LogP contribution in [0.1, 0.15) is 12.5 Å². The zero-order chi connectivity index (χ0) is 12.7. The van der Waals surface area contributed by atoms with Crippen molar-refractivity contribution in [1.29, 1.82) is 0 Å². The predicted molar refractivity (Wildman–Crippen MR) is 65.6 cm³/mol. The lowest BCUT2D eigenvalue weighted by Crippen LogP contribution is -2.49. The minimum atomic E-state index is -1.08. The van der Waals surface area contributed by atoms with Crippen LogP contribution < -0.4 is 5.73 Å². The summed E-state index contributed by atoms with van der Waals surface area (Å²) in [6.45, 7) is 2.29. The molecule has 1 unspecified atom stereocenters. The van der Waals surface area contributed by atoms with E-state index in [-0.39, 0.29) is 6.61 Å². The molecule has 0 amide bonds. The van der Waals surface area contributed by atoms with Gasteiger partial charge in [-0.25, -0.2) is 4.79 Å². The fraction of sp³-hybridized carbons (Fsp3) is 0.462. The van der Waals surface area contributed by atoms with E-state index in [1.165, 1.54) is 12.7 Å². The van der Waals surface area contributed by atoms with Crippen LogP contribution in [0.15, 0.2) is 30.3 Å². The molecule has 0 bridgehead atoms. The number of hydrogen-bond donors (Lipinski definition) is 1. The average molecular weight is 237 g/mol. The smallest absolute Gasteiger partial charge is 0.327 e. The summed E-state index contributed by atoms with van der Waals surface area (Å²) in [7, 11) is 1.32. The molecule has 1 rings (SSSR count). The number of ether oxygens (including phenoxy) is 2. The largest absolute Gasteiger partial charge is 0.468 e. The molecule has 17 heavy (non-hydrogen) atoms. The lowest BCUT2D eigenvalue weighted by Gasteiger charge is -2.21. The highest BCUT2D eigenvalue weighted by atomic mass is 16.5. The summed E-state index contributed by atoms with van der Waals surface area (Å²) in [4.78, 5) is 11.3. The fourth-order valence-corrected chi connectivity index (χ4v) is 1.41. The molecule has 4 nitrogen and oxygen atoms in total. The summed E-state index contributed by atoms with van der Waals surface area (Å²) in [6.07, 6.45) is 0.804. The van der Waals surface area contributed by atoms with E-state index in [1.54, 1.807) is 6.92 Å². The number of benzene rings is 1. The van der Waals surface area contributed by atoms with Crippen LogP contribution in [0.3, 0.4) is 0 Å². The van der Waals surface area contributed by atoms with Gasteiger partial charge in [-0.3, -0.25) is 0 Å². The van der Waals surface area contributed by atoms with Gasteiger partial charge >= 0.3 is 5.97 Å². The van der Waals surface area contributed by atoms with Crippen LogP contribution in [0.2, 0.25) is 0 Å². The second-order valence-corrected chi connectivity index (χ2v) is 4.20. The van der Waals surface area contributed by atoms with Crippen molar-refractivity contribution >= 4 is 5.97 Å². The summed E-state index contributed by atoms with van der Waals surface area (Å²) in [6, 6.07) is 10.0. The number of esters is 1. The van der Waals surface area contributed by atoms with E-state index < -0.39 is 11.5 Å². The second-order valence-electron chi connectivity index (χ2n) is 4.20. The van der Waals surface area contributed by atoms with Gasteiger partial charge in [-0.1, -0.05) is 30.3 Å². The van der Waals surface area contributed by atoms with E-state index in [2.05, 4.69) is 4.74 Å². The minimum Gasteiger partial charge on any atom is -0.468 e. The third kappa shape index (κ3) is 4.54. The second kappa shape index (κ2) is 6.37. The zero-order valence-corrected chi connectivity index (χ0v) is 10.3. The van der Waals surface area contributed by atoms with Gasteiger partial charge in [0.15, 0.2) is 0 Å². The Morgan fingerprint density at radius 3 is 2.59 bits per heavy atom. The van der Waals surface area contributed by atoms with Gasteiger partial charge in [-0.05, 0) is 18.9 Å². The van der Waals surface area contributed by atoms with Gasteiger partial charge in [0.1, 0.15) is 5.54 Å². The Morgan fingerprint density at radius 2 is 2.00 bits per heavy atom. The Hall–Kier alpha value is -1.39. The Bertz CT molecular complexity index is 349. The van der Waals surface area contributed by atoms with E-state index >= 15 is 0 Å². The molecule has 0 aliphatic heterocycles. The lowest BCUT2D eigenvalue weighted by atomic mass is 10.1. The normalized spacial score (nSPS) is 14.1. The minimum absolute atomic E-state index is 0.159. The Morgan fingerprint density at radius 1 is 1.35 bits per heavy atom. The summed E-state index contributed by atoms with van der Waals surface area (Å²) in [5, 5.41) is 0. The SMILES string of the molecule is COC(=O)C(C)(N)COCCc1ccccc1. The van der Waals surface area contributed by atoms with Gasteiger partial charge in [0.2, 0.25) is 0 Å². The molecule has 1 aromatic rings. The summed E-state index contributed by atoms with van der Waals surface area (Å²) in [5.41, 5.74) is 5.87. The summed E-state index contributed by atoms with van der Waals surface area (Å²) < 4.78 is 9.99. The van der Waals surface area contributed by atoms with Gasteiger partial charge in [0, 0.05) is 0 Å². The van der Waals surface area contributed by atoms with Gasteiger partial charge in [-0.15, -0.1) is 0 Å². The molecule has 0 radical (unpaired) electrons. The van der Waals surface area contributed by atoms with Crippen LogP contribution in [0, 0.1) is 0 Å². The monoisotopic (exact) mass is 237 g/mol. The van der Waals surface area contributed by atoms with E-state index in [4.69, 9.17) is 10.5 Å². The fourth-order valence-electron chi connectivity index (χ4n) is 1.41. The first-order chi connectivity index (χ1) is 8.06. The Balaban J connectivity index is 2.27. The first kappa shape index (κ1) is 13.7.